The van der Waals surface area contributed by atoms with E-state index in [2.05, 4.69) is 0 Å². The smallest absolute Gasteiger partial charge is 0.415 e. The molecule has 2 aromatic rings. The van der Waals surface area contributed by atoms with Crippen LogP contribution in [0.25, 0.3) is 0 Å². The van der Waals surface area contributed by atoms with Crippen LogP contribution < -0.4 is 9.47 Å². The molecule has 1 fully saturated rings. The fourth-order valence-electron chi connectivity index (χ4n) is 3.78. The normalized spacial score (nSPS) is 18.0. The van der Waals surface area contributed by atoms with Crippen LogP contribution in [0.3, 0.4) is 0 Å². The largest absolute Gasteiger partial charge is 0.486 e. The van der Waals surface area contributed by atoms with Gasteiger partial charge in [-0.15, -0.1) is 0 Å². The molecule has 0 saturated carbocycles. The minimum Gasteiger partial charge on any atom is -0.486 e. The van der Waals surface area contributed by atoms with Crippen LogP contribution in [-0.2, 0) is 0 Å². The van der Waals surface area contributed by atoms with Crippen LogP contribution in [0.2, 0.25) is 0 Å². The molecule has 2 aromatic carbocycles. The molecule has 0 aliphatic carbocycles. The van der Waals surface area contributed by atoms with Gasteiger partial charge in [-0.2, -0.15) is 0 Å². The van der Waals surface area contributed by atoms with E-state index in [0.29, 0.717) is 49.4 Å². The highest BCUT2D eigenvalue weighted by Crippen LogP contribution is 2.40. The predicted octanol–water partition coefficient (Wildman–Crippen LogP) is 4.30. The molecule has 0 radical (unpaired) electrons. The number of carbonyl (C=O) groups excluding carboxylic acids is 2. The Morgan fingerprint density at radius 3 is 2.44 bits per heavy atom. The van der Waals surface area contributed by atoms with Gasteiger partial charge in [0.2, 0.25) is 0 Å². The summed E-state index contributed by atoms with van der Waals surface area (Å²) in [5, 5.41) is 0. The van der Waals surface area contributed by atoms with Gasteiger partial charge in [-0.3, -0.25) is 4.79 Å². The number of hydrogen-bond donors (Lipinski definition) is 0. The van der Waals surface area contributed by atoms with Crippen molar-refractivity contribution < 1.29 is 19.1 Å². The maximum atomic E-state index is 12.7. The molecule has 27 heavy (non-hydrogen) atoms. The lowest BCUT2D eigenvalue weighted by Crippen LogP contribution is -2.52. The zero-order chi connectivity index (χ0) is 19.0. The third-order valence-electron chi connectivity index (χ3n) is 5.59. The second-order valence-electron chi connectivity index (χ2n) is 7.49. The van der Waals surface area contributed by atoms with E-state index in [1.54, 1.807) is 17.0 Å². The first kappa shape index (κ1) is 17.6. The molecular formula is C22H23NO4. The molecule has 0 N–H and O–H groups in total. The van der Waals surface area contributed by atoms with Crippen LogP contribution in [-0.4, -0.2) is 35.5 Å². The van der Waals surface area contributed by atoms with E-state index < -0.39 is 5.60 Å². The number of Topliss-reactive ketones (excluding diaryl/α,β-unsaturated/α-hetero) is 1. The van der Waals surface area contributed by atoms with Crippen LogP contribution in [0.4, 0.5) is 4.79 Å². The summed E-state index contributed by atoms with van der Waals surface area (Å²) in [4.78, 5) is 26.8. The first-order valence-electron chi connectivity index (χ1n) is 9.31. The van der Waals surface area contributed by atoms with Crippen LogP contribution in [0, 0.1) is 13.8 Å². The Morgan fingerprint density at radius 1 is 1.07 bits per heavy atom. The summed E-state index contributed by atoms with van der Waals surface area (Å²) in [6.07, 6.45) is 1.25. The molecule has 2 heterocycles. The summed E-state index contributed by atoms with van der Waals surface area (Å²) in [7, 11) is 0. The number of amides is 1. The lowest BCUT2D eigenvalue weighted by molar-refractivity contribution is -0.00444. The van der Waals surface area contributed by atoms with E-state index in [-0.39, 0.29) is 11.9 Å². The minimum absolute atomic E-state index is 0.125. The molecule has 0 atom stereocenters. The zero-order valence-electron chi connectivity index (χ0n) is 15.7. The summed E-state index contributed by atoms with van der Waals surface area (Å²) in [5.41, 5.74) is 2.37. The Kier molecular flexibility index (Phi) is 4.38. The number of para-hydroxylation sites is 1. The Morgan fingerprint density at radius 2 is 1.74 bits per heavy atom. The first-order valence-corrected chi connectivity index (χ1v) is 9.31. The molecule has 2 aliphatic rings. The van der Waals surface area contributed by atoms with Gasteiger partial charge in [0.25, 0.3) is 0 Å². The number of benzene rings is 2. The number of hydrogen-bond acceptors (Lipinski definition) is 4. The van der Waals surface area contributed by atoms with Crippen molar-refractivity contribution in [3.05, 3.63) is 59.2 Å². The number of aryl methyl sites for hydroxylation is 2. The lowest BCUT2D eigenvalue weighted by atomic mass is 9.82. The average Bonchev–Trinajstić information content (AvgIpc) is 2.65. The van der Waals surface area contributed by atoms with Crippen molar-refractivity contribution in [1.82, 2.24) is 4.90 Å². The number of nitrogens with zero attached hydrogens (tertiary/aromatic N) is 1. The average molecular weight is 365 g/mol. The van der Waals surface area contributed by atoms with E-state index in [9.17, 15) is 9.59 Å². The first-order chi connectivity index (χ1) is 13.0. The number of carbonyl (C=O) groups is 2. The third-order valence-corrected chi connectivity index (χ3v) is 5.59. The molecule has 5 nitrogen and oxygen atoms in total. The molecule has 5 heteroatoms. The lowest BCUT2D eigenvalue weighted by Gasteiger charge is -2.43. The zero-order valence-corrected chi connectivity index (χ0v) is 15.7. The van der Waals surface area contributed by atoms with Gasteiger partial charge in [-0.1, -0.05) is 18.2 Å². The SMILES string of the molecule is Cc1cc2c(cc1C)C(=O)CC1(CCN(C(=O)Oc3ccccc3)CC1)O2. The predicted molar refractivity (Wildman–Crippen MR) is 101 cm³/mol. The van der Waals surface area contributed by atoms with Crippen molar-refractivity contribution in [2.45, 2.75) is 38.7 Å². The fourth-order valence-corrected chi connectivity index (χ4v) is 3.78. The Labute approximate surface area is 158 Å². The van der Waals surface area contributed by atoms with Crippen molar-refractivity contribution in [2.24, 2.45) is 0 Å². The quantitative estimate of drug-likeness (QED) is 0.756. The number of likely N-dealkylation sites (tertiary alicyclic amines) is 1. The second-order valence-corrected chi connectivity index (χ2v) is 7.49. The summed E-state index contributed by atoms with van der Waals surface area (Å²) in [6.45, 7) is 5.05. The van der Waals surface area contributed by atoms with E-state index >= 15 is 0 Å². The minimum atomic E-state index is -0.519. The summed E-state index contributed by atoms with van der Waals surface area (Å²) in [6, 6.07) is 12.9. The Hall–Kier alpha value is -2.82. The van der Waals surface area contributed by atoms with Crippen molar-refractivity contribution in [1.29, 1.82) is 0 Å². The van der Waals surface area contributed by atoms with E-state index in [4.69, 9.17) is 9.47 Å². The van der Waals surface area contributed by atoms with Gasteiger partial charge in [0.1, 0.15) is 17.1 Å². The van der Waals surface area contributed by atoms with Crippen molar-refractivity contribution in [3.63, 3.8) is 0 Å². The van der Waals surface area contributed by atoms with Gasteiger partial charge in [0, 0.05) is 25.9 Å². The number of rotatable bonds is 1. The molecule has 1 saturated heterocycles. The molecule has 0 bridgehead atoms. The van der Waals surface area contributed by atoms with Gasteiger partial charge in [0.05, 0.1) is 12.0 Å². The van der Waals surface area contributed by atoms with E-state index in [1.807, 2.05) is 44.2 Å². The molecule has 4 rings (SSSR count). The molecule has 140 valence electrons. The molecule has 0 unspecified atom stereocenters. The van der Waals surface area contributed by atoms with Crippen molar-refractivity contribution in [2.75, 3.05) is 13.1 Å². The van der Waals surface area contributed by atoms with Gasteiger partial charge in [-0.05, 0) is 49.2 Å². The van der Waals surface area contributed by atoms with Crippen LogP contribution >= 0.6 is 0 Å². The maximum Gasteiger partial charge on any atom is 0.415 e. The highest BCUT2D eigenvalue weighted by molar-refractivity contribution is 6.00. The number of ether oxygens (including phenoxy) is 2. The molecule has 2 aliphatic heterocycles. The van der Waals surface area contributed by atoms with Crippen LogP contribution in [0.1, 0.15) is 40.7 Å². The molecule has 1 spiro atoms. The number of piperidine rings is 1. The van der Waals surface area contributed by atoms with Crippen molar-refractivity contribution in [3.8, 4) is 11.5 Å². The summed E-state index contributed by atoms with van der Waals surface area (Å²) < 4.78 is 11.7. The second kappa shape index (κ2) is 6.72. The van der Waals surface area contributed by atoms with Gasteiger partial charge < -0.3 is 14.4 Å². The number of ketones is 1. The highest BCUT2D eigenvalue weighted by atomic mass is 16.6. The summed E-state index contributed by atoms with van der Waals surface area (Å²) >= 11 is 0. The topological polar surface area (TPSA) is 55.8 Å². The van der Waals surface area contributed by atoms with Gasteiger partial charge in [-0.25, -0.2) is 4.79 Å². The molecular weight excluding hydrogens is 342 g/mol. The Balaban J connectivity index is 1.45. The van der Waals surface area contributed by atoms with Crippen LogP contribution in [0.5, 0.6) is 11.5 Å². The van der Waals surface area contributed by atoms with Crippen molar-refractivity contribution >= 4 is 11.9 Å². The maximum absolute atomic E-state index is 12.7. The fraction of sp³-hybridized carbons (Fsp3) is 0.364. The van der Waals surface area contributed by atoms with Crippen LogP contribution in [0.15, 0.2) is 42.5 Å². The summed E-state index contributed by atoms with van der Waals surface area (Å²) in [5.74, 6) is 1.33. The molecule has 0 aromatic heterocycles. The number of fused-ring (bicyclic) bond motifs is 1. The standard InChI is InChI=1S/C22H23NO4/c1-15-12-18-19(24)14-22(27-20(18)13-16(15)2)8-10-23(11-9-22)21(25)26-17-6-4-3-5-7-17/h3-7,12-13H,8-11,14H2,1-2H3. The van der Waals surface area contributed by atoms with Gasteiger partial charge >= 0.3 is 6.09 Å². The highest BCUT2D eigenvalue weighted by Gasteiger charge is 2.44. The molecule has 1 amide bonds. The van der Waals surface area contributed by atoms with E-state index in [0.717, 1.165) is 11.1 Å². The monoisotopic (exact) mass is 365 g/mol. The van der Waals surface area contributed by atoms with E-state index in [1.165, 1.54) is 0 Å². The Bertz CT molecular complexity index is 883. The van der Waals surface area contributed by atoms with Gasteiger partial charge in [0.15, 0.2) is 5.78 Å². The third kappa shape index (κ3) is 3.42.